The largest absolute Gasteiger partial charge is 0.379 e. The van der Waals surface area contributed by atoms with Crippen LogP contribution in [0.5, 0.6) is 0 Å². The van der Waals surface area contributed by atoms with Crippen LogP contribution in [-0.4, -0.2) is 68.3 Å². The molecular formula is C23H29ClN4O2. The fourth-order valence-electron chi connectivity index (χ4n) is 4.00. The summed E-state index contributed by atoms with van der Waals surface area (Å²) >= 11 is 6.30. The van der Waals surface area contributed by atoms with E-state index in [1.807, 2.05) is 29.2 Å². The first-order valence-electron chi connectivity index (χ1n) is 10.6. The molecule has 2 aliphatic heterocycles. The summed E-state index contributed by atoms with van der Waals surface area (Å²) in [4.78, 5) is 19.2. The Balaban J connectivity index is 1.25. The number of halogens is 1. The van der Waals surface area contributed by atoms with Crippen LogP contribution in [0, 0.1) is 0 Å². The monoisotopic (exact) mass is 428 g/mol. The molecule has 2 aliphatic rings. The van der Waals surface area contributed by atoms with Gasteiger partial charge in [0.25, 0.3) is 0 Å². The molecule has 1 N–H and O–H groups in total. The first kappa shape index (κ1) is 21.0. The lowest BCUT2D eigenvalue weighted by Crippen LogP contribution is -2.51. The Bertz CT molecular complexity index is 849. The Kier molecular flexibility index (Phi) is 7.10. The predicted molar refractivity (Wildman–Crippen MR) is 120 cm³/mol. The van der Waals surface area contributed by atoms with E-state index in [-0.39, 0.29) is 6.03 Å². The summed E-state index contributed by atoms with van der Waals surface area (Å²) in [6.45, 7) is 7.97. The number of carbonyl (C=O) groups excluding carboxylic acids is 1. The molecule has 6 nitrogen and oxygen atoms in total. The van der Waals surface area contributed by atoms with E-state index >= 15 is 0 Å². The van der Waals surface area contributed by atoms with Crippen molar-refractivity contribution in [2.24, 2.45) is 0 Å². The van der Waals surface area contributed by atoms with Crippen molar-refractivity contribution >= 4 is 23.3 Å². The third kappa shape index (κ3) is 5.45. The number of para-hydroxylation sites is 1. The van der Waals surface area contributed by atoms with E-state index in [9.17, 15) is 4.79 Å². The first-order chi connectivity index (χ1) is 14.7. The summed E-state index contributed by atoms with van der Waals surface area (Å²) in [6.07, 6.45) is 0. The molecule has 2 fully saturated rings. The number of nitrogens with zero attached hydrogens (tertiary/aromatic N) is 3. The highest BCUT2D eigenvalue weighted by Gasteiger charge is 2.22. The van der Waals surface area contributed by atoms with E-state index in [1.165, 1.54) is 5.56 Å². The van der Waals surface area contributed by atoms with Crippen molar-refractivity contribution < 1.29 is 9.53 Å². The summed E-state index contributed by atoms with van der Waals surface area (Å²) < 4.78 is 5.42. The molecule has 0 bridgehead atoms. The zero-order valence-electron chi connectivity index (χ0n) is 17.2. The van der Waals surface area contributed by atoms with Gasteiger partial charge in [-0.1, -0.05) is 48.0 Å². The number of benzene rings is 2. The molecule has 2 aromatic carbocycles. The van der Waals surface area contributed by atoms with Crippen molar-refractivity contribution in [2.75, 3.05) is 57.4 Å². The lowest BCUT2D eigenvalue weighted by atomic mass is 10.1. The summed E-state index contributed by atoms with van der Waals surface area (Å²) in [5, 5.41) is 3.83. The van der Waals surface area contributed by atoms with Gasteiger partial charge in [-0.25, -0.2) is 4.79 Å². The second-order valence-electron chi connectivity index (χ2n) is 7.79. The van der Waals surface area contributed by atoms with Gasteiger partial charge in [-0.05, 0) is 23.3 Å². The number of hydrogen-bond acceptors (Lipinski definition) is 4. The van der Waals surface area contributed by atoms with E-state index in [4.69, 9.17) is 16.3 Å². The van der Waals surface area contributed by atoms with Gasteiger partial charge in [0.05, 0.1) is 23.9 Å². The number of urea groups is 1. The van der Waals surface area contributed by atoms with Crippen molar-refractivity contribution in [2.45, 2.75) is 13.1 Å². The number of carbonyl (C=O) groups is 1. The van der Waals surface area contributed by atoms with Crippen LogP contribution < -0.4 is 10.2 Å². The summed E-state index contributed by atoms with van der Waals surface area (Å²) in [6, 6.07) is 16.3. The van der Waals surface area contributed by atoms with Gasteiger partial charge < -0.3 is 19.9 Å². The lowest BCUT2D eigenvalue weighted by Gasteiger charge is -2.36. The molecule has 0 radical (unpaired) electrons. The van der Waals surface area contributed by atoms with Crippen molar-refractivity contribution in [1.29, 1.82) is 0 Å². The Morgan fingerprint density at radius 2 is 1.67 bits per heavy atom. The maximum atomic E-state index is 12.6. The summed E-state index contributed by atoms with van der Waals surface area (Å²) in [5.74, 6) is 0. The van der Waals surface area contributed by atoms with Crippen molar-refractivity contribution in [3.63, 3.8) is 0 Å². The highest BCUT2D eigenvalue weighted by Crippen LogP contribution is 2.26. The second kappa shape index (κ2) is 10.2. The number of piperazine rings is 1. The number of amides is 2. The van der Waals surface area contributed by atoms with Crippen LogP contribution in [0.15, 0.2) is 48.5 Å². The van der Waals surface area contributed by atoms with E-state index in [0.29, 0.717) is 19.6 Å². The van der Waals surface area contributed by atoms with E-state index in [0.717, 1.165) is 62.2 Å². The first-order valence-corrected chi connectivity index (χ1v) is 11.0. The smallest absolute Gasteiger partial charge is 0.317 e. The predicted octanol–water partition coefficient (Wildman–Crippen LogP) is 3.20. The zero-order valence-corrected chi connectivity index (χ0v) is 18.0. The highest BCUT2D eigenvalue weighted by atomic mass is 35.5. The molecule has 2 heterocycles. The van der Waals surface area contributed by atoms with Gasteiger partial charge in [0.2, 0.25) is 0 Å². The number of hydrogen-bond donors (Lipinski definition) is 1. The minimum atomic E-state index is -0.00705. The highest BCUT2D eigenvalue weighted by molar-refractivity contribution is 6.33. The quantitative estimate of drug-likeness (QED) is 0.794. The van der Waals surface area contributed by atoms with Crippen molar-refractivity contribution in [3.05, 3.63) is 64.7 Å². The number of rotatable bonds is 5. The fraction of sp³-hybridized carbons (Fsp3) is 0.435. The summed E-state index contributed by atoms with van der Waals surface area (Å²) in [5.41, 5.74) is 3.44. The average molecular weight is 429 g/mol. The lowest BCUT2D eigenvalue weighted by molar-refractivity contribution is 0.0342. The van der Waals surface area contributed by atoms with Gasteiger partial charge in [-0.2, -0.15) is 0 Å². The van der Waals surface area contributed by atoms with Crippen LogP contribution in [0.25, 0.3) is 0 Å². The molecule has 7 heteroatoms. The molecule has 0 unspecified atom stereocenters. The maximum Gasteiger partial charge on any atom is 0.317 e. The maximum absolute atomic E-state index is 12.6. The molecule has 0 aromatic heterocycles. The van der Waals surface area contributed by atoms with Gasteiger partial charge in [-0.15, -0.1) is 0 Å². The molecule has 30 heavy (non-hydrogen) atoms. The minimum Gasteiger partial charge on any atom is -0.379 e. The average Bonchev–Trinajstić information content (AvgIpc) is 2.79. The van der Waals surface area contributed by atoms with E-state index in [1.54, 1.807) is 0 Å². The Hall–Kier alpha value is -2.28. The van der Waals surface area contributed by atoms with Gasteiger partial charge in [0.15, 0.2) is 0 Å². The normalized spacial score (nSPS) is 17.8. The van der Waals surface area contributed by atoms with E-state index < -0.39 is 0 Å². The standard InChI is InChI=1S/C23H29ClN4O2/c24-21-6-1-2-7-22(21)27-8-10-28(11-9-27)23(29)25-17-19-4-3-5-20(16-19)18-26-12-14-30-15-13-26/h1-7,16H,8-15,17-18H2,(H,25,29). The molecule has 2 aromatic rings. The third-order valence-electron chi connectivity index (χ3n) is 5.71. The van der Waals surface area contributed by atoms with E-state index in [2.05, 4.69) is 39.4 Å². The van der Waals surface area contributed by atoms with Gasteiger partial charge >= 0.3 is 6.03 Å². The van der Waals surface area contributed by atoms with Crippen molar-refractivity contribution in [3.8, 4) is 0 Å². The molecule has 2 amide bonds. The number of anilines is 1. The van der Waals surface area contributed by atoms with Gasteiger partial charge in [0, 0.05) is 52.4 Å². The van der Waals surface area contributed by atoms with Crippen LogP contribution in [0.3, 0.4) is 0 Å². The zero-order chi connectivity index (χ0) is 20.8. The number of morpholine rings is 1. The minimum absolute atomic E-state index is 0.00705. The SMILES string of the molecule is O=C(NCc1cccc(CN2CCOCC2)c1)N1CCN(c2ccccc2Cl)CC1. The third-order valence-corrected chi connectivity index (χ3v) is 6.02. The number of ether oxygens (including phenoxy) is 1. The Morgan fingerprint density at radius 3 is 2.43 bits per heavy atom. The van der Waals surface area contributed by atoms with Crippen LogP contribution in [0.2, 0.25) is 5.02 Å². The van der Waals surface area contributed by atoms with Crippen LogP contribution in [0.1, 0.15) is 11.1 Å². The molecule has 0 saturated carbocycles. The molecule has 0 aliphatic carbocycles. The Labute approximate surface area is 183 Å². The van der Waals surface area contributed by atoms with Crippen LogP contribution in [-0.2, 0) is 17.8 Å². The molecular weight excluding hydrogens is 400 g/mol. The fourth-order valence-corrected chi connectivity index (χ4v) is 4.26. The van der Waals surface area contributed by atoms with Crippen LogP contribution in [0.4, 0.5) is 10.5 Å². The van der Waals surface area contributed by atoms with Crippen molar-refractivity contribution in [1.82, 2.24) is 15.1 Å². The Morgan fingerprint density at radius 1 is 0.933 bits per heavy atom. The van der Waals surface area contributed by atoms with Gasteiger partial charge in [0.1, 0.15) is 0 Å². The molecule has 0 spiro atoms. The molecule has 2 saturated heterocycles. The van der Waals surface area contributed by atoms with Gasteiger partial charge in [-0.3, -0.25) is 4.90 Å². The second-order valence-corrected chi connectivity index (χ2v) is 8.20. The molecule has 160 valence electrons. The topological polar surface area (TPSA) is 48.1 Å². The number of nitrogens with one attached hydrogen (secondary N) is 1. The van der Waals surface area contributed by atoms with Crippen LogP contribution >= 0.6 is 11.6 Å². The molecule has 0 atom stereocenters. The molecule has 4 rings (SSSR count). The summed E-state index contributed by atoms with van der Waals surface area (Å²) in [7, 11) is 0.